The van der Waals surface area contributed by atoms with Gasteiger partial charge in [0.2, 0.25) is 0 Å². The lowest BCUT2D eigenvalue weighted by atomic mass is 9.83. The zero-order valence-electron chi connectivity index (χ0n) is 10.2. The minimum Gasteiger partial charge on any atom is -0.487 e. The van der Waals surface area contributed by atoms with Crippen molar-refractivity contribution in [2.75, 3.05) is 13.2 Å². The molecule has 1 N–H and O–H groups in total. The van der Waals surface area contributed by atoms with E-state index in [1.165, 1.54) is 12.1 Å². The molecule has 0 aromatic heterocycles. The smallest absolute Gasteiger partial charge is 0.128 e. The molecule has 1 aromatic rings. The third-order valence-electron chi connectivity index (χ3n) is 3.85. The highest BCUT2D eigenvalue weighted by atomic mass is 19.1. The highest BCUT2D eigenvalue weighted by Crippen LogP contribution is 2.44. The molecular weight excluding hydrogens is 235 g/mol. The summed E-state index contributed by atoms with van der Waals surface area (Å²) >= 11 is 0. The molecule has 2 aliphatic rings. The van der Waals surface area contributed by atoms with Gasteiger partial charge in [0.15, 0.2) is 0 Å². The largest absolute Gasteiger partial charge is 0.487 e. The van der Waals surface area contributed by atoms with Gasteiger partial charge in [-0.3, -0.25) is 0 Å². The third-order valence-corrected chi connectivity index (χ3v) is 3.85. The predicted molar refractivity (Wildman–Crippen MR) is 64.0 cm³/mol. The van der Waals surface area contributed by atoms with Gasteiger partial charge >= 0.3 is 0 Å². The molecule has 4 heteroatoms. The Bertz CT molecular complexity index is 439. The minimum absolute atomic E-state index is 0.331. The van der Waals surface area contributed by atoms with Crippen molar-refractivity contribution >= 4 is 0 Å². The molecule has 1 fully saturated rings. The molecule has 1 aromatic carbocycles. The summed E-state index contributed by atoms with van der Waals surface area (Å²) < 4.78 is 24.7. The van der Waals surface area contributed by atoms with Crippen LogP contribution in [0, 0.1) is 5.82 Å². The number of fused-ring (bicyclic) bond motifs is 1. The fraction of sp³-hybridized carbons (Fsp3) is 0.571. The van der Waals surface area contributed by atoms with E-state index in [0.29, 0.717) is 24.3 Å². The van der Waals surface area contributed by atoms with Crippen LogP contribution in [0.25, 0.3) is 0 Å². The Kier molecular flexibility index (Phi) is 2.99. The molecule has 0 bridgehead atoms. The summed E-state index contributed by atoms with van der Waals surface area (Å²) in [7, 11) is 0. The van der Waals surface area contributed by atoms with Gasteiger partial charge in [0.25, 0.3) is 0 Å². The van der Waals surface area contributed by atoms with E-state index in [0.717, 1.165) is 25.9 Å². The Hall–Kier alpha value is -1.13. The van der Waals surface area contributed by atoms with Crippen molar-refractivity contribution in [2.45, 2.75) is 37.4 Å². The summed E-state index contributed by atoms with van der Waals surface area (Å²) in [5, 5.41) is 10.2. The highest BCUT2D eigenvalue weighted by Gasteiger charge is 2.40. The van der Waals surface area contributed by atoms with Crippen molar-refractivity contribution in [3.63, 3.8) is 0 Å². The first kappa shape index (κ1) is 11.9. The molecule has 3 nitrogen and oxygen atoms in total. The standard InChI is InChI=1S/C14H17FO3/c15-10-2-3-11-12(16)9-14(18-13(11)8-10)4-1-6-17-7-5-14/h2-3,8,12,16H,1,4-7,9H2/t12-,14?/m0/s1. The van der Waals surface area contributed by atoms with Crippen molar-refractivity contribution in [3.05, 3.63) is 29.6 Å². The number of hydrogen-bond donors (Lipinski definition) is 1. The lowest BCUT2D eigenvalue weighted by molar-refractivity contribution is -0.0274. The summed E-state index contributed by atoms with van der Waals surface area (Å²) in [5.41, 5.74) is 0.295. The first-order valence-electron chi connectivity index (χ1n) is 6.43. The second kappa shape index (κ2) is 4.52. The van der Waals surface area contributed by atoms with Crippen molar-refractivity contribution in [1.82, 2.24) is 0 Å². The maximum Gasteiger partial charge on any atom is 0.128 e. The normalized spacial score (nSPS) is 31.6. The number of aliphatic hydroxyl groups excluding tert-OH is 1. The van der Waals surface area contributed by atoms with Crippen molar-refractivity contribution in [2.24, 2.45) is 0 Å². The Labute approximate surface area is 106 Å². The van der Waals surface area contributed by atoms with Gasteiger partial charge in [-0.15, -0.1) is 0 Å². The van der Waals surface area contributed by atoms with Crippen LogP contribution >= 0.6 is 0 Å². The zero-order valence-corrected chi connectivity index (χ0v) is 10.2. The Morgan fingerprint density at radius 2 is 2.17 bits per heavy atom. The van der Waals surface area contributed by atoms with Gasteiger partial charge < -0.3 is 14.6 Å². The van der Waals surface area contributed by atoms with Crippen molar-refractivity contribution in [1.29, 1.82) is 0 Å². The quantitative estimate of drug-likeness (QED) is 0.771. The van der Waals surface area contributed by atoms with Crippen LogP contribution in [-0.2, 0) is 4.74 Å². The number of benzene rings is 1. The number of halogens is 1. The molecule has 1 saturated heterocycles. The molecule has 2 atom stereocenters. The molecule has 2 heterocycles. The van der Waals surface area contributed by atoms with E-state index in [1.54, 1.807) is 6.07 Å². The maximum atomic E-state index is 13.3. The molecule has 1 unspecified atom stereocenters. The SMILES string of the molecule is O[C@H]1CC2(CCCOCC2)Oc2cc(F)ccc21. The molecule has 3 rings (SSSR count). The fourth-order valence-corrected chi connectivity index (χ4v) is 2.90. The molecular formula is C14H17FO3. The van der Waals surface area contributed by atoms with Gasteiger partial charge in [-0.05, 0) is 25.0 Å². The van der Waals surface area contributed by atoms with Crippen LogP contribution < -0.4 is 4.74 Å². The Morgan fingerprint density at radius 3 is 3.06 bits per heavy atom. The van der Waals surface area contributed by atoms with Gasteiger partial charge in [-0.1, -0.05) is 0 Å². The lowest BCUT2D eigenvalue weighted by Gasteiger charge is -2.40. The summed E-state index contributed by atoms with van der Waals surface area (Å²) in [6, 6.07) is 4.33. The second-order valence-corrected chi connectivity index (χ2v) is 5.15. The van der Waals surface area contributed by atoms with Crippen LogP contribution in [0.4, 0.5) is 4.39 Å². The Morgan fingerprint density at radius 1 is 1.28 bits per heavy atom. The van der Waals surface area contributed by atoms with Gasteiger partial charge in [0, 0.05) is 31.1 Å². The highest BCUT2D eigenvalue weighted by molar-refractivity contribution is 5.38. The van der Waals surface area contributed by atoms with E-state index in [2.05, 4.69) is 0 Å². The number of ether oxygens (including phenoxy) is 2. The number of rotatable bonds is 0. The van der Waals surface area contributed by atoms with E-state index >= 15 is 0 Å². The first-order chi connectivity index (χ1) is 8.69. The number of aliphatic hydroxyl groups is 1. The summed E-state index contributed by atoms with van der Waals surface area (Å²) in [6.07, 6.45) is 2.50. The minimum atomic E-state index is -0.576. The van der Waals surface area contributed by atoms with E-state index in [9.17, 15) is 9.50 Å². The molecule has 18 heavy (non-hydrogen) atoms. The van der Waals surface area contributed by atoms with Gasteiger partial charge in [-0.2, -0.15) is 0 Å². The first-order valence-corrected chi connectivity index (χ1v) is 6.43. The molecule has 0 amide bonds. The average molecular weight is 252 g/mol. The molecule has 2 aliphatic heterocycles. The third kappa shape index (κ3) is 2.10. The van der Waals surface area contributed by atoms with Crippen LogP contribution in [0.5, 0.6) is 5.75 Å². The van der Waals surface area contributed by atoms with E-state index in [1.807, 2.05) is 0 Å². The summed E-state index contributed by atoms with van der Waals surface area (Å²) in [6.45, 7) is 1.37. The predicted octanol–water partition coefficient (Wildman–Crippen LogP) is 2.58. The number of hydrogen-bond acceptors (Lipinski definition) is 3. The molecule has 1 spiro atoms. The van der Waals surface area contributed by atoms with Crippen molar-refractivity contribution in [3.8, 4) is 5.75 Å². The fourth-order valence-electron chi connectivity index (χ4n) is 2.90. The van der Waals surface area contributed by atoms with Crippen LogP contribution in [-0.4, -0.2) is 23.9 Å². The van der Waals surface area contributed by atoms with E-state index in [4.69, 9.17) is 9.47 Å². The summed E-state index contributed by atoms with van der Waals surface area (Å²) in [4.78, 5) is 0. The zero-order chi connectivity index (χ0) is 12.6. The topological polar surface area (TPSA) is 38.7 Å². The molecule has 0 aliphatic carbocycles. The second-order valence-electron chi connectivity index (χ2n) is 5.15. The Balaban J connectivity index is 1.93. The van der Waals surface area contributed by atoms with Crippen LogP contribution in [0.15, 0.2) is 18.2 Å². The van der Waals surface area contributed by atoms with Gasteiger partial charge in [-0.25, -0.2) is 4.39 Å². The lowest BCUT2D eigenvalue weighted by Crippen LogP contribution is -2.41. The van der Waals surface area contributed by atoms with E-state index in [-0.39, 0.29) is 5.82 Å². The van der Waals surface area contributed by atoms with Crippen LogP contribution in [0.3, 0.4) is 0 Å². The van der Waals surface area contributed by atoms with Gasteiger partial charge in [0.05, 0.1) is 12.7 Å². The van der Waals surface area contributed by atoms with Crippen LogP contribution in [0.2, 0.25) is 0 Å². The average Bonchev–Trinajstić information content (AvgIpc) is 2.54. The van der Waals surface area contributed by atoms with Crippen LogP contribution in [0.1, 0.15) is 37.4 Å². The maximum absolute atomic E-state index is 13.3. The van der Waals surface area contributed by atoms with E-state index < -0.39 is 11.7 Å². The van der Waals surface area contributed by atoms with Crippen molar-refractivity contribution < 1.29 is 19.0 Å². The molecule has 0 radical (unpaired) electrons. The monoisotopic (exact) mass is 252 g/mol. The molecule has 98 valence electrons. The summed E-state index contributed by atoms with van der Waals surface area (Å²) in [5.74, 6) is 0.151. The molecule has 0 saturated carbocycles. The van der Waals surface area contributed by atoms with Gasteiger partial charge in [0.1, 0.15) is 17.2 Å².